The highest BCUT2D eigenvalue weighted by Gasteiger charge is 2.13. The van der Waals surface area contributed by atoms with E-state index in [-0.39, 0.29) is 16.3 Å². The average Bonchev–Trinajstić information content (AvgIpc) is 2.94. The highest BCUT2D eigenvalue weighted by molar-refractivity contribution is 6.34. The van der Waals surface area contributed by atoms with Crippen LogP contribution in [-0.4, -0.2) is 27.1 Å². The van der Waals surface area contributed by atoms with E-state index in [0.717, 1.165) is 16.9 Å². The van der Waals surface area contributed by atoms with Crippen LogP contribution in [0.15, 0.2) is 53.7 Å². The minimum Gasteiger partial charge on any atom is -0.478 e. The van der Waals surface area contributed by atoms with Gasteiger partial charge in [0.25, 0.3) is 0 Å². The molecule has 0 amide bonds. The van der Waals surface area contributed by atoms with E-state index in [1.807, 2.05) is 25.1 Å². The molecule has 0 spiro atoms. The zero-order valence-electron chi connectivity index (χ0n) is 13.1. The number of benzene rings is 2. The molecule has 0 saturated carbocycles. The molecule has 126 valence electrons. The van der Waals surface area contributed by atoms with Crippen LogP contribution in [0.25, 0.3) is 5.69 Å². The van der Waals surface area contributed by atoms with Crippen molar-refractivity contribution in [1.29, 1.82) is 0 Å². The fourth-order valence-electron chi connectivity index (χ4n) is 2.31. The molecular weight excluding hydrogens is 361 g/mol. The second-order valence-electron chi connectivity index (χ2n) is 5.27. The van der Waals surface area contributed by atoms with Crippen LogP contribution in [0.4, 0.5) is 5.69 Å². The Morgan fingerprint density at radius 3 is 2.60 bits per heavy atom. The Morgan fingerprint density at radius 1 is 1.16 bits per heavy atom. The van der Waals surface area contributed by atoms with Crippen molar-refractivity contribution in [3.05, 3.63) is 75.5 Å². The van der Waals surface area contributed by atoms with Gasteiger partial charge in [-0.1, -0.05) is 41.4 Å². The van der Waals surface area contributed by atoms with E-state index in [9.17, 15) is 9.90 Å². The largest absolute Gasteiger partial charge is 0.478 e. The van der Waals surface area contributed by atoms with Crippen LogP contribution in [-0.2, 0) is 0 Å². The Hall–Kier alpha value is -2.63. The fourth-order valence-corrected chi connectivity index (χ4v) is 2.76. The standard InChI is InChI=1S/C18H13Cl2N3O2/c1-11-12(10-23(22-11)16-8-3-2-6-14(16)19)9-21-17-13(18(24)25)5-4-7-15(17)20/h2-10H,1H3,(H,24,25). The Labute approximate surface area is 154 Å². The van der Waals surface area contributed by atoms with Gasteiger partial charge in [-0.05, 0) is 31.2 Å². The number of aryl methyl sites for hydroxylation is 1. The number of carbonyl (C=O) groups is 1. The molecule has 5 nitrogen and oxygen atoms in total. The third-order valence-electron chi connectivity index (χ3n) is 3.59. The fraction of sp³-hybridized carbons (Fsp3) is 0.0556. The van der Waals surface area contributed by atoms with Gasteiger partial charge in [-0.25, -0.2) is 9.48 Å². The molecule has 1 N–H and O–H groups in total. The smallest absolute Gasteiger partial charge is 0.337 e. The number of para-hydroxylation sites is 2. The van der Waals surface area contributed by atoms with Crippen molar-refractivity contribution in [2.45, 2.75) is 6.92 Å². The maximum absolute atomic E-state index is 11.3. The normalized spacial score (nSPS) is 11.2. The summed E-state index contributed by atoms with van der Waals surface area (Å²) in [6, 6.07) is 12.0. The number of hydrogen-bond donors (Lipinski definition) is 1. The maximum Gasteiger partial charge on any atom is 0.337 e. The summed E-state index contributed by atoms with van der Waals surface area (Å²) in [6.45, 7) is 1.83. The van der Waals surface area contributed by atoms with Gasteiger partial charge in [0.05, 0.1) is 32.7 Å². The highest BCUT2D eigenvalue weighted by Crippen LogP contribution is 2.29. The average molecular weight is 374 g/mol. The molecule has 0 atom stereocenters. The summed E-state index contributed by atoms with van der Waals surface area (Å²) in [4.78, 5) is 15.6. The van der Waals surface area contributed by atoms with Crippen molar-refractivity contribution in [2.75, 3.05) is 0 Å². The topological polar surface area (TPSA) is 67.5 Å². The highest BCUT2D eigenvalue weighted by atomic mass is 35.5. The summed E-state index contributed by atoms with van der Waals surface area (Å²) >= 11 is 12.3. The molecule has 1 aromatic heterocycles. The first-order valence-electron chi connectivity index (χ1n) is 7.34. The van der Waals surface area contributed by atoms with Gasteiger partial charge >= 0.3 is 5.97 Å². The number of hydrogen-bond acceptors (Lipinski definition) is 3. The summed E-state index contributed by atoms with van der Waals surface area (Å²) in [5, 5.41) is 14.5. The molecule has 2 aromatic carbocycles. The lowest BCUT2D eigenvalue weighted by Gasteiger charge is -2.03. The minimum absolute atomic E-state index is 0.0416. The molecule has 0 radical (unpaired) electrons. The van der Waals surface area contributed by atoms with E-state index in [1.165, 1.54) is 6.07 Å². The third kappa shape index (κ3) is 3.57. The number of aromatic nitrogens is 2. The van der Waals surface area contributed by atoms with Gasteiger partial charge in [-0.15, -0.1) is 0 Å². The molecule has 3 aromatic rings. The van der Waals surface area contributed by atoms with Gasteiger partial charge < -0.3 is 5.11 Å². The van der Waals surface area contributed by atoms with Crippen LogP contribution in [0, 0.1) is 6.92 Å². The number of nitrogens with zero attached hydrogens (tertiary/aromatic N) is 3. The molecule has 0 aliphatic rings. The third-order valence-corrected chi connectivity index (χ3v) is 4.21. The lowest BCUT2D eigenvalue weighted by molar-refractivity contribution is 0.0698. The Bertz CT molecular complexity index is 980. The molecule has 3 rings (SSSR count). The van der Waals surface area contributed by atoms with E-state index >= 15 is 0 Å². The Kier molecular flexibility index (Phi) is 4.88. The van der Waals surface area contributed by atoms with Gasteiger partial charge in [-0.2, -0.15) is 5.10 Å². The number of aliphatic imine (C=N–C) groups is 1. The van der Waals surface area contributed by atoms with E-state index in [4.69, 9.17) is 23.2 Å². The number of carboxylic acid groups (broad SMARTS) is 1. The zero-order valence-corrected chi connectivity index (χ0v) is 14.7. The first-order valence-corrected chi connectivity index (χ1v) is 8.10. The second kappa shape index (κ2) is 7.09. The predicted octanol–water partition coefficient (Wildman–Crippen LogP) is 4.94. The van der Waals surface area contributed by atoms with Crippen LogP contribution in [0.1, 0.15) is 21.6 Å². The summed E-state index contributed by atoms with van der Waals surface area (Å²) in [7, 11) is 0. The van der Waals surface area contributed by atoms with E-state index < -0.39 is 5.97 Å². The van der Waals surface area contributed by atoms with Crippen molar-refractivity contribution in [3.63, 3.8) is 0 Å². The minimum atomic E-state index is -1.09. The molecule has 7 heteroatoms. The zero-order chi connectivity index (χ0) is 18.0. The van der Waals surface area contributed by atoms with Gasteiger partial charge in [0.1, 0.15) is 0 Å². The molecule has 0 aliphatic heterocycles. The number of aromatic carboxylic acids is 1. The van der Waals surface area contributed by atoms with Gasteiger partial charge in [0.2, 0.25) is 0 Å². The second-order valence-corrected chi connectivity index (χ2v) is 6.08. The van der Waals surface area contributed by atoms with Crippen molar-refractivity contribution in [3.8, 4) is 5.69 Å². The van der Waals surface area contributed by atoms with Crippen LogP contribution in [0.2, 0.25) is 10.0 Å². The lowest BCUT2D eigenvalue weighted by atomic mass is 10.2. The van der Waals surface area contributed by atoms with Crippen molar-refractivity contribution >= 4 is 41.1 Å². The molecule has 0 unspecified atom stereocenters. The first-order chi connectivity index (χ1) is 12.0. The monoisotopic (exact) mass is 373 g/mol. The van der Waals surface area contributed by atoms with Crippen molar-refractivity contribution in [2.24, 2.45) is 4.99 Å². The predicted molar refractivity (Wildman–Crippen MR) is 99.0 cm³/mol. The van der Waals surface area contributed by atoms with E-state index in [2.05, 4.69) is 10.1 Å². The molecular formula is C18H13Cl2N3O2. The van der Waals surface area contributed by atoms with Gasteiger partial charge in [0, 0.05) is 18.0 Å². The Morgan fingerprint density at radius 2 is 1.88 bits per heavy atom. The molecule has 0 fully saturated rings. The van der Waals surface area contributed by atoms with Crippen LogP contribution < -0.4 is 0 Å². The van der Waals surface area contributed by atoms with Crippen LogP contribution in [0.3, 0.4) is 0 Å². The quantitative estimate of drug-likeness (QED) is 0.658. The molecule has 0 saturated heterocycles. The molecule has 1 heterocycles. The summed E-state index contributed by atoms with van der Waals surface area (Å²) in [5.74, 6) is -1.09. The molecule has 25 heavy (non-hydrogen) atoms. The maximum atomic E-state index is 11.3. The summed E-state index contributed by atoms with van der Waals surface area (Å²) in [5.41, 5.74) is 2.46. The van der Waals surface area contributed by atoms with Crippen molar-refractivity contribution < 1.29 is 9.90 Å². The van der Waals surface area contributed by atoms with E-state index in [0.29, 0.717) is 5.02 Å². The lowest BCUT2D eigenvalue weighted by Crippen LogP contribution is -1.97. The SMILES string of the molecule is Cc1nn(-c2ccccc2Cl)cc1C=Nc1c(Cl)cccc1C(=O)O. The Balaban J connectivity index is 1.99. The van der Waals surface area contributed by atoms with Gasteiger partial charge in [0.15, 0.2) is 0 Å². The van der Waals surface area contributed by atoms with Crippen LogP contribution in [0.5, 0.6) is 0 Å². The number of rotatable bonds is 4. The van der Waals surface area contributed by atoms with Crippen molar-refractivity contribution in [1.82, 2.24) is 9.78 Å². The number of halogens is 2. The first kappa shape index (κ1) is 17.2. The number of carboxylic acids is 1. The van der Waals surface area contributed by atoms with E-state index in [1.54, 1.807) is 35.3 Å². The summed E-state index contributed by atoms with van der Waals surface area (Å²) < 4.78 is 1.66. The van der Waals surface area contributed by atoms with Gasteiger partial charge in [-0.3, -0.25) is 4.99 Å². The van der Waals surface area contributed by atoms with Crippen LogP contribution >= 0.6 is 23.2 Å². The molecule has 0 bridgehead atoms. The summed E-state index contributed by atoms with van der Waals surface area (Å²) in [6.07, 6.45) is 3.32. The molecule has 0 aliphatic carbocycles.